The number of hydrogen-bond donors (Lipinski definition) is 1. The maximum atomic E-state index is 12.7. The molecule has 3 heterocycles. The van der Waals surface area contributed by atoms with Gasteiger partial charge in [-0.15, -0.1) is 0 Å². The molecule has 28 heavy (non-hydrogen) atoms. The van der Waals surface area contributed by atoms with Crippen molar-refractivity contribution >= 4 is 21.7 Å². The summed E-state index contributed by atoms with van der Waals surface area (Å²) in [5, 5.41) is 7.35. The lowest BCUT2D eigenvalue weighted by Gasteiger charge is -2.30. The highest BCUT2D eigenvalue weighted by Crippen LogP contribution is 2.40. The van der Waals surface area contributed by atoms with E-state index >= 15 is 0 Å². The zero-order valence-corrected chi connectivity index (χ0v) is 16.7. The number of pyridine rings is 1. The van der Waals surface area contributed by atoms with Crippen LogP contribution in [-0.4, -0.2) is 46.5 Å². The van der Waals surface area contributed by atoms with Gasteiger partial charge < -0.3 is 5.32 Å². The monoisotopic (exact) mass is 403 g/mol. The fraction of sp³-hybridized carbons (Fsp3) is 0.526. The number of piperidine rings is 1. The van der Waals surface area contributed by atoms with Crippen molar-refractivity contribution in [2.24, 2.45) is 11.8 Å². The fourth-order valence-corrected chi connectivity index (χ4v) is 5.19. The summed E-state index contributed by atoms with van der Waals surface area (Å²) in [6, 6.07) is 5.25. The van der Waals surface area contributed by atoms with Gasteiger partial charge in [-0.3, -0.25) is 9.78 Å². The Morgan fingerprint density at radius 1 is 1.18 bits per heavy atom. The molecule has 4 rings (SSSR count). The van der Waals surface area contributed by atoms with Crippen molar-refractivity contribution in [1.82, 2.24) is 19.1 Å². The molecule has 1 N–H and O–H groups in total. The third-order valence-electron chi connectivity index (χ3n) is 5.71. The van der Waals surface area contributed by atoms with E-state index in [4.69, 9.17) is 0 Å². The fourth-order valence-electron chi connectivity index (χ4n) is 3.75. The van der Waals surface area contributed by atoms with Crippen molar-refractivity contribution in [2.75, 3.05) is 18.4 Å². The molecular formula is C19H25N5O3S. The number of anilines is 1. The number of carbonyl (C=O) groups excluding carboxylic acids is 1. The lowest BCUT2D eigenvalue weighted by atomic mass is 9.97. The predicted molar refractivity (Wildman–Crippen MR) is 104 cm³/mol. The highest BCUT2D eigenvalue weighted by Gasteiger charge is 2.34. The van der Waals surface area contributed by atoms with Crippen LogP contribution >= 0.6 is 0 Å². The minimum Gasteiger partial charge on any atom is -0.311 e. The van der Waals surface area contributed by atoms with Gasteiger partial charge in [0.05, 0.1) is 12.2 Å². The molecule has 2 fully saturated rings. The van der Waals surface area contributed by atoms with Crippen molar-refractivity contribution < 1.29 is 13.2 Å². The van der Waals surface area contributed by atoms with Crippen LogP contribution in [0.5, 0.6) is 0 Å². The summed E-state index contributed by atoms with van der Waals surface area (Å²) in [6.07, 6.45) is 8.02. The lowest BCUT2D eigenvalue weighted by molar-refractivity contribution is -0.121. The van der Waals surface area contributed by atoms with Crippen molar-refractivity contribution in [2.45, 2.75) is 43.5 Å². The third-order valence-corrected chi connectivity index (χ3v) is 7.59. The first-order valence-electron chi connectivity index (χ1n) is 9.71. The number of hydrogen-bond acceptors (Lipinski definition) is 5. The average Bonchev–Trinajstić information content (AvgIpc) is 3.47. The summed E-state index contributed by atoms with van der Waals surface area (Å²) in [5.41, 5.74) is 0. The Morgan fingerprint density at radius 3 is 2.57 bits per heavy atom. The number of sulfonamides is 1. The van der Waals surface area contributed by atoms with Crippen LogP contribution in [0.15, 0.2) is 41.7 Å². The quantitative estimate of drug-likeness (QED) is 0.798. The summed E-state index contributed by atoms with van der Waals surface area (Å²) in [6.45, 7) is 2.78. The van der Waals surface area contributed by atoms with Crippen LogP contribution in [0.1, 0.15) is 38.6 Å². The highest BCUT2D eigenvalue weighted by molar-refractivity contribution is 7.89. The summed E-state index contributed by atoms with van der Waals surface area (Å²) >= 11 is 0. The average molecular weight is 404 g/mol. The molecule has 0 radical (unpaired) electrons. The van der Waals surface area contributed by atoms with E-state index in [-0.39, 0.29) is 22.8 Å². The van der Waals surface area contributed by atoms with Gasteiger partial charge in [0.1, 0.15) is 10.7 Å². The van der Waals surface area contributed by atoms with Gasteiger partial charge in [0, 0.05) is 37.5 Å². The standard InChI is InChI=1S/C19H25N5O3S/c1-14(15-4-5-15)24-18(6-10-21-24)22-19(25)16-7-11-23(12-8-16)28(26,27)17-3-2-9-20-13-17/h2-3,6,9-10,13-16H,4-5,7-8,11-12H2,1H3,(H,22,25). The molecule has 2 aliphatic rings. The molecule has 1 saturated heterocycles. The van der Waals surface area contributed by atoms with Crippen LogP contribution in [0.2, 0.25) is 0 Å². The number of nitrogens with one attached hydrogen (secondary N) is 1. The SMILES string of the molecule is CC(C1CC1)n1nccc1NC(=O)C1CCN(S(=O)(=O)c2cccnc2)CC1. The Bertz CT molecular complexity index is 931. The molecule has 1 aliphatic heterocycles. The molecule has 0 aromatic carbocycles. The molecule has 1 amide bonds. The normalized spacial score (nSPS) is 20.0. The van der Waals surface area contributed by atoms with Crippen LogP contribution in [-0.2, 0) is 14.8 Å². The molecule has 1 unspecified atom stereocenters. The van der Waals surface area contributed by atoms with Gasteiger partial charge in [-0.2, -0.15) is 9.40 Å². The Hall–Kier alpha value is -2.26. The summed E-state index contributed by atoms with van der Waals surface area (Å²) in [4.78, 5) is 16.8. The number of carbonyl (C=O) groups is 1. The summed E-state index contributed by atoms with van der Waals surface area (Å²) in [7, 11) is -3.56. The largest absolute Gasteiger partial charge is 0.311 e. The molecule has 150 valence electrons. The van der Waals surface area contributed by atoms with Gasteiger partial charge >= 0.3 is 0 Å². The van der Waals surface area contributed by atoms with Gasteiger partial charge in [0.2, 0.25) is 15.9 Å². The van der Waals surface area contributed by atoms with Crippen LogP contribution in [0.4, 0.5) is 5.82 Å². The Balaban J connectivity index is 1.37. The molecular weight excluding hydrogens is 378 g/mol. The second-order valence-electron chi connectivity index (χ2n) is 7.60. The van der Waals surface area contributed by atoms with E-state index in [2.05, 4.69) is 22.3 Å². The van der Waals surface area contributed by atoms with Crippen LogP contribution in [0.25, 0.3) is 0 Å². The molecule has 2 aromatic rings. The number of nitrogens with zero attached hydrogens (tertiary/aromatic N) is 4. The van der Waals surface area contributed by atoms with Crippen molar-refractivity contribution in [3.05, 3.63) is 36.8 Å². The smallest absolute Gasteiger partial charge is 0.244 e. The van der Waals surface area contributed by atoms with Gasteiger partial charge in [0.25, 0.3) is 0 Å². The minimum atomic E-state index is -3.56. The summed E-state index contributed by atoms with van der Waals surface area (Å²) < 4.78 is 28.7. The van der Waals surface area contributed by atoms with E-state index in [0.29, 0.717) is 31.8 Å². The molecule has 0 spiro atoms. The van der Waals surface area contributed by atoms with E-state index in [9.17, 15) is 13.2 Å². The minimum absolute atomic E-state index is 0.0665. The first kappa shape index (κ1) is 19.1. The van der Waals surface area contributed by atoms with Gasteiger partial charge in [0.15, 0.2) is 0 Å². The third kappa shape index (κ3) is 3.81. The zero-order valence-electron chi connectivity index (χ0n) is 15.9. The highest BCUT2D eigenvalue weighted by atomic mass is 32.2. The maximum absolute atomic E-state index is 12.7. The molecule has 1 saturated carbocycles. The van der Waals surface area contributed by atoms with E-state index in [0.717, 1.165) is 5.82 Å². The van der Waals surface area contributed by atoms with Crippen LogP contribution in [0, 0.1) is 11.8 Å². The lowest BCUT2D eigenvalue weighted by Crippen LogP contribution is -2.41. The Morgan fingerprint density at radius 2 is 1.93 bits per heavy atom. The Labute approximate surface area is 165 Å². The van der Waals surface area contributed by atoms with Crippen LogP contribution < -0.4 is 5.32 Å². The molecule has 1 aliphatic carbocycles. The van der Waals surface area contributed by atoms with E-state index < -0.39 is 10.0 Å². The number of amides is 1. The van der Waals surface area contributed by atoms with E-state index in [1.54, 1.807) is 24.5 Å². The first-order valence-corrected chi connectivity index (χ1v) is 11.2. The Kier molecular flexibility index (Phi) is 5.20. The van der Waals surface area contributed by atoms with Gasteiger partial charge in [-0.05, 0) is 50.7 Å². The number of aromatic nitrogens is 3. The van der Waals surface area contributed by atoms with Gasteiger partial charge in [-0.25, -0.2) is 13.1 Å². The molecule has 0 bridgehead atoms. The molecule has 8 nitrogen and oxygen atoms in total. The maximum Gasteiger partial charge on any atom is 0.244 e. The predicted octanol–water partition coefficient (Wildman–Crippen LogP) is 2.29. The molecule has 1 atom stereocenters. The van der Waals surface area contributed by atoms with Gasteiger partial charge in [-0.1, -0.05) is 0 Å². The zero-order chi connectivity index (χ0) is 19.7. The van der Waals surface area contributed by atoms with Crippen LogP contribution in [0.3, 0.4) is 0 Å². The topological polar surface area (TPSA) is 97.2 Å². The van der Waals surface area contributed by atoms with E-state index in [1.165, 1.54) is 23.3 Å². The molecule has 9 heteroatoms. The first-order chi connectivity index (χ1) is 13.5. The molecule has 2 aromatic heterocycles. The van der Waals surface area contributed by atoms with Crippen molar-refractivity contribution in [1.29, 1.82) is 0 Å². The summed E-state index contributed by atoms with van der Waals surface area (Å²) in [5.74, 6) is 1.08. The second kappa shape index (κ2) is 7.63. The van der Waals surface area contributed by atoms with Crippen molar-refractivity contribution in [3.8, 4) is 0 Å². The van der Waals surface area contributed by atoms with E-state index in [1.807, 2.05) is 10.7 Å². The van der Waals surface area contributed by atoms with Crippen molar-refractivity contribution in [3.63, 3.8) is 0 Å². The number of rotatable bonds is 6. The second-order valence-corrected chi connectivity index (χ2v) is 9.53.